The third-order valence-electron chi connectivity index (χ3n) is 9.75. The summed E-state index contributed by atoms with van der Waals surface area (Å²) in [6, 6.07) is 17.0. The number of amides is 3. The maximum absolute atomic E-state index is 15.2. The van der Waals surface area contributed by atoms with E-state index in [1.54, 1.807) is 13.3 Å². The molecule has 0 spiro atoms. The average Bonchev–Trinajstić information content (AvgIpc) is 3.33. The zero-order chi connectivity index (χ0) is 36.3. The van der Waals surface area contributed by atoms with Gasteiger partial charge >= 0.3 is 6.03 Å². The normalized spacial score (nSPS) is 21.3. The fourth-order valence-corrected chi connectivity index (χ4v) is 6.90. The fraction of sp³-hybridized carbons (Fsp3) is 0.474. The number of amidine groups is 1. The average molecular weight is 724 g/mol. The Morgan fingerprint density at radius 1 is 0.940 bits per heavy atom. The van der Waals surface area contributed by atoms with Crippen LogP contribution in [0.15, 0.2) is 65.8 Å². The van der Waals surface area contributed by atoms with Gasteiger partial charge in [-0.25, -0.2) is 4.79 Å². The monoisotopic (exact) mass is 722 g/mol. The predicted octanol–water partition coefficient (Wildman–Crippen LogP) is 6.48. The number of rotatable bonds is 10. The van der Waals surface area contributed by atoms with Gasteiger partial charge in [-0.15, -0.1) is 0 Å². The molecule has 1 fully saturated rings. The molecule has 2 aromatic carbocycles. The van der Waals surface area contributed by atoms with Crippen LogP contribution in [0.3, 0.4) is 0 Å². The maximum atomic E-state index is 15.2. The Bertz CT molecular complexity index is 1700. The van der Waals surface area contributed by atoms with Crippen LogP contribution >= 0.6 is 23.2 Å². The lowest BCUT2D eigenvalue weighted by Crippen LogP contribution is -2.61. The van der Waals surface area contributed by atoms with Gasteiger partial charge in [-0.05, 0) is 56.2 Å². The SMILES string of the molecule is CCOc1cc(C(C)(C)C)ncc1C1=N[C@@](C)(c2ccc(Cl)cc2)[C@@](C)(c2ccc(Cl)cc2)N1C(=O)N1CCN(CC(=O)NCCOC)CC1. The Balaban J connectivity index is 1.62. The second-order valence-corrected chi connectivity index (χ2v) is 14.9. The number of nitrogens with one attached hydrogen (secondary N) is 1. The number of pyridine rings is 1. The van der Waals surface area contributed by atoms with Crippen molar-refractivity contribution in [3.63, 3.8) is 0 Å². The molecule has 3 heterocycles. The molecule has 0 bridgehead atoms. The molecule has 1 saturated heterocycles. The van der Waals surface area contributed by atoms with Crippen LogP contribution < -0.4 is 10.1 Å². The van der Waals surface area contributed by atoms with E-state index in [1.165, 1.54) is 0 Å². The lowest BCUT2D eigenvalue weighted by atomic mass is 9.71. The summed E-state index contributed by atoms with van der Waals surface area (Å²) in [6.07, 6.45) is 1.78. The van der Waals surface area contributed by atoms with Crippen LogP contribution in [0.25, 0.3) is 0 Å². The first-order valence-corrected chi connectivity index (χ1v) is 17.8. The highest BCUT2D eigenvalue weighted by atomic mass is 35.5. The molecule has 1 aromatic heterocycles. The van der Waals surface area contributed by atoms with E-state index in [9.17, 15) is 4.79 Å². The van der Waals surface area contributed by atoms with Crippen LogP contribution in [0.5, 0.6) is 5.75 Å². The van der Waals surface area contributed by atoms with Crippen molar-refractivity contribution in [2.75, 3.05) is 59.6 Å². The number of nitrogens with zero attached hydrogens (tertiary/aromatic N) is 5. The minimum atomic E-state index is -1.04. The topological polar surface area (TPSA) is 99.6 Å². The highest BCUT2D eigenvalue weighted by Gasteiger charge is 2.60. The number of carbonyl (C=O) groups is 2. The third-order valence-corrected chi connectivity index (χ3v) is 10.3. The highest BCUT2D eigenvalue weighted by molar-refractivity contribution is 6.30. The maximum Gasteiger partial charge on any atom is 0.326 e. The first-order valence-electron chi connectivity index (χ1n) is 17.1. The van der Waals surface area contributed by atoms with Gasteiger partial charge in [0.05, 0.1) is 25.3 Å². The van der Waals surface area contributed by atoms with Crippen LogP contribution in [0, 0.1) is 0 Å². The molecule has 0 radical (unpaired) electrons. The first kappa shape index (κ1) is 37.6. The molecule has 0 unspecified atom stereocenters. The molecular weight excluding hydrogens is 675 g/mol. The van der Waals surface area contributed by atoms with Crippen molar-refractivity contribution in [1.82, 2.24) is 25.0 Å². The first-order chi connectivity index (χ1) is 23.7. The van der Waals surface area contributed by atoms with Gasteiger partial charge in [-0.3, -0.25) is 24.6 Å². The van der Waals surface area contributed by atoms with Gasteiger partial charge in [-0.1, -0.05) is 68.2 Å². The van der Waals surface area contributed by atoms with Crippen molar-refractivity contribution in [2.24, 2.45) is 4.99 Å². The lowest BCUT2D eigenvalue weighted by Gasteiger charge is -2.47. The molecule has 268 valence electrons. The number of piperazine rings is 1. The Labute approximate surface area is 305 Å². The van der Waals surface area contributed by atoms with Crippen LogP contribution in [0.2, 0.25) is 10.0 Å². The van der Waals surface area contributed by atoms with Crippen molar-refractivity contribution >= 4 is 41.0 Å². The van der Waals surface area contributed by atoms with Crippen LogP contribution in [0.1, 0.15) is 63.9 Å². The predicted molar refractivity (Wildman–Crippen MR) is 198 cm³/mol. The number of hydrogen-bond acceptors (Lipinski definition) is 7. The number of ether oxygens (including phenoxy) is 2. The van der Waals surface area contributed by atoms with E-state index >= 15 is 4.79 Å². The number of benzene rings is 2. The lowest BCUT2D eigenvalue weighted by molar-refractivity contribution is -0.122. The highest BCUT2D eigenvalue weighted by Crippen LogP contribution is 2.54. The molecule has 0 saturated carbocycles. The summed E-state index contributed by atoms with van der Waals surface area (Å²) in [5, 5.41) is 4.07. The molecule has 3 amide bonds. The summed E-state index contributed by atoms with van der Waals surface area (Å²) in [6.45, 7) is 15.9. The van der Waals surface area contributed by atoms with E-state index in [2.05, 4.69) is 44.8 Å². The molecule has 2 aliphatic heterocycles. The Morgan fingerprint density at radius 3 is 2.10 bits per heavy atom. The van der Waals surface area contributed by atoms with Gasteiger partial charge < -0.3 is 19.7 Å². The van der Waals surface area contributed by atoms with E-state index in [0.717, 1.165) is 16.8 Å². The zero-order valence-corrected chi connectivity index (χ0v) is 31.6. The third kappa shape index (κ3) is 7.49. The minimum Gasteiger partial charge on any atom is -0.493 e. The number of aliphatic imine (C=N–C) groups is 1. The minimum absolute atomic E-state index is 0.0699. The van der Waals surface area contributed by atoms with Crippen molar-refractivity contribution < 1.29 is 19.1 Å². The molecule has 1 N–H and O–H groups in total. The van der Waals surface area contributed by atoms with E-state index in [-0.39, 0.29) is 23.9 Å². The summed E-state index contributed by atoms with van der Waals surface area (Å²) < 4.78 is 11.3. The molecule has 0 aliphatic carbocycles. The number of halogens is 2. The smallest absolute Gasteiger partial charge is 0.326 e. The molecule has 12 heteroatoms. The molecule has 10 nitrogen and oxygen atoms in total. The Hall–Kier alpha value is -3.70. The standard InChI is InChI=1S/C38H48Cl2N6O4/c1-8-50-31-23-32(36(2,3)4)42-24-30(31)34-43-37(5,26-9-13-28(39)14-10-26)38(6,27-11-15-29(40)16-12-27)46(34)35(48)45-20-18-44(19-21-45)25-33(47)41-17-22-49-7/h9-16,23-24H,8,17-22,25H2,1-7H3,(H,41,47)/t37-,38+/m0/s1. The molecule has 2 atom stereocenters. The van der Waals surface area contributed by atoms with Gasteiger partial charge in [0.1, 0.15) is 22.7 Å². The molecule has 2 aliphatic rings. The summed E-state index contributed by atoms with van der Waals surface area (Å²) >= 11 is 12.8. The molecule has 3 aromatic rings. The van der Waals surface area contributed by atoms with Crippen LogP contribution in [0.4, 0.5) is 4.79 Å². The number of hydrogen-bond donors (Lipinski definition) is 1. The molecular formula is C38H48Cl2N6O4. The van der Waals surface area contributed by atoms with E-state index in [4.69, 9.17) is 42.7 Å². The van der Waals surface area contributed by atoms with E-state index in [1.807, 2.05) is 71.3 Å². The number of aromatic nitrogens is 1. The molecule has 50 heavy (non-hydrogen) atoms. The summed E-state index contributed by atoms with van der Waals surface area (Å²) in [4.78, 5) is 43.8. The Morgan fingerprint density at radius 2 is 1.54 bits per heavy atom. The van der Waals surface area contributed by atoms with Gasteiger partial charge in [0.25, 0.3) is 0 Å². The van der Waals surface area contributed by atoms with E-state index in [0.29, 0.717) is 73.1 Å². The van der Waals surface area contributed by atoms with Gasteiger partial charge in [0, 0.05) is 73.3 Å². The number of urea groups is 1. The van der Waals surface area contributed by atoms with Crippen LogP contribution in [-0.2, 0) is 26.0 Å². The number of methoxy groups -OCH3 is 1. The second kappa shape index (κ2) is 15.3. The summed E-state index contributed by atoms with van der Waals surface area (Å²) in [5.41, 5.74) is 0.978. The van der Waals surface area contributed by atoms with Crippen molar-refractivity contribution in [3.8, 4) is 5.75 Å². The van der Waals surface area contributed by atoms with Crippen molar-refractivity contribution in [3.05, 3.63) is 93.2 Å². The number of carbonyl (C=O) groups excluding carboxylic acids is 2. The van der Waals surface area contributed by atoms with Crippen molar-refractivity contribution in [2.45, 2.75) is 58.0 Å². The van der Waals surface area contributed by atoms with Crippen molar-refractivity contribution in [1.29, 1.82) is 0 Å². The Kier molecular flexibility index (Phi) is 11.5. The quantitative estimate of drug-likeness (QED) is 0.241. The zero-order valence-electron chi connectivity index (χ0n) is 30.1. The largest absolute Gasteiger partial charge is 0.493 e. The second-order valence-electron chi connectivity index (χ2n) is 14.1. The molecule has 5 rings (SSSR count). The van der Waals surface area contributed by atoms with E-state index < -0.39 is 11.1 Å². The summed E-state index contributed by atoms with van der Waals surface area (Å²) in [5.74, 6) is 0.993. The van der Waals surface area contributed by atoms with Gasteiger partial charge in [0.15, 0.2) is 0 Å². The fourth-order valence-electron chi connectivity index (χ4n) is 6.65. The summed E-state index contributed by atoms with van der Waals surface area (Å²) in [7, 11) is 1.60. The van der Waals surface area contributed by atoms with Gasteiger partial charge in [0.2, 0.25) is 5.91 Å². The van der Waals surface area contributed by atoms with Gasteiger partial charge in [-0.2, -0.15) is 0 Å². The van der Waals surface area contributed by atoms with Crippen LogP contribution in [-0.4, -0.2) is 97.0 Å².